The van der Waals surface area contributed by atoms with Crippen LogP contribution < -0.4 is 5.32 Å². The Balaban J connectivity index is 1.98. The fraction of sp³-hybridized carbons (Fsp3) is 1.00. The minimum absolute atomic E-state index is 0.351. The molecule has 1 nitrogen and oxygen atoms in total. The first-order valence-electron chi connectivity index (χ1n) is 3.97. The van der Waals surface area contributed by atoms with Gasteiger partial charge < -0.3 is 5.32 Å². The van der Waals surface area contributed by atoms with Gasteiger partial charge in [0.05, 0.1) is 0 Å². The maximum atomic E-state index is 13.0. The van der Waals surface area contributed by atoms with Gasteiger partial charge in [-0.1, -0.05) is 0 Å². The van der Waals surface area contributed by atoms with Gasteiger partial charge in [-0.2, -0.15) is 0 Å². The van der Waals surface area contributed by atoms with Crippen molar-refractivity contribution in [3.8, 4) is 0 Å². The van der Waals surface area contributed by atoms with Crippen LogP contribution in [0.5, 0.6) is 0 Å². The van der Waals surface area contributed by atoms with E-state index in [1.165, 1.54) is 0 Å². The summed E-state index contributed by atoms with van der Waals surface area (Å²) in [6.07, 6.45) is 2.42. The summed E-state index contributed by atoms with van der Waals surface area (Å²) in [5, 5.41) is 3.20. The van der Waals surface area contributed by atoms with Crippen LogP contribution in [0.15, 0.2) is 0 Å². The summed E-state index contributed by atoms with van der Waals surface area (Å²) in [5.41, 5.74) is -0.380. The van der Waals surface area contributed by atoms with E-state index >= 15 is 0 Å². The van der Waals surface area contributed by atoms with Crippen molar-refractivity contribution in [3.05, 3.63) is 0 Å². The number of nitrogens with one attached hydrogen (secondary N) is 1. The smallest absolute Gasteiger partial charge is 0.112 e. The Morgan fingerprint density at radius 1 is 1.40 bits per heavy atom. The van der Waals surface area contributed by atoms with Crippen molar-refractivity contribution in [2.75, 3.05) is 7.05 Å². The molecule has 3 saturated carbocycles. The first-order valence-corrected chi connectivity index (χ1v) is 3.97. The second kappa shape index (κ2) is 1.55. The molecule has 1 atom stereocenters. The van der Waals surface area contributed by atoms with Crippen LogP contribution in [0.2, 0.25) is 0 Å². The third-order valence-electron chi connectivity index (χ3n) is 3.36. The average Bonchev–Trinajstić information content (AvgIpc) is 1.77. The van der Waals surface area contributed by atoms with Crippen LogP contribution in [0.4, 0.5) is 4.39 Å². The maximum Gasteiger partial charge on any atom is 0.112 e. The van der Waals surface area contributed by atoms with E-state index in [1.807, 2.05) is 7.05 Å². The van der Waals surface area contributed by atoms with Crippen LogP contribution in [-0.2, 0) is 0 Å². The van der Waals surface area contributed by atoms with Gasteiger partial charge in [0.2, 0.25) is 0 Å². The monoisotopic (exact) mass is 143 g/mol. The lowest BCUT2D eigenvalue weighted by Gasteiger charge is -2.68. The van der Waals surface area contributed by atoms with Gasteiger partial charge in [0.25, 0.3) is 0 Å². The predicted octanol–water partition coefficient (Wildman–Crippen LogP) is 1.49. The molecule has 58 valence electrons. The van der Waals surface area contributed by atoms with Crippen LogP contribution in [0.25, 0.3) is 0 Å². The molecule has 1 unspecified atom stereocenters. The SMILES string of the molecule is CNC(C)[C@]12C[C@@](F)(C1)C2. The summed E-state index contributed by atoms with van der Waals surface area (Å²) in [6.45, 7) is 2.15. The molecule has 0 saturated heterocycles. The van der Waals surface area contributed by atoms with Crippen LogP contribution in [-0.4, -0.2) is 18.8 Å². The lowest BCUT2D eigenvalue weighted by molar-refractivity contribution is -0.225. The van der Waals surface area contributed by atoms with Crippen LogP contribution in [0.3, 0.4) is 0 Å². The maximum absolute atomic E-state index is 13.0. The molecule has 2 bridgehead atoms. The van der Waals surface area contributed by atoms with Crippen molar-refractivity contribution >= 4 is 0 Å². The average molecular weight is 143 g/mol. The van der Waals surface area contributed by atoms with Gasteiger partial charge in [0.15, 0.2) is 0 Å². The van der Waals surface area contributed by atoms with Crippen LogP contribution >= 0.6 is 0 Å². The van der Waals surface area contributed by atoms with Crippen molar-refractivity contribution in [2.45, 2.75) is 37.9 Å². The Labute approximate surface area is 61.0 Å². The van der Waals surface area contributed by atoms with E-state index in [2.05, 4.69) is 12.2 Å². The van der Waals surface area contributed by atoms with E-state index in [9.17, 15) is 4.39 Å². The summed E-state index contributed by atoms with van der Waals surface area (Å²) in [7, 11) is 1.95. The number of hydrogen-bond acceptors (Lipinski definition) is 1. The van der Waals surface area contributed by atoms with E-state index in [1.54, 1.807) is 0 Å². The standard InChI is InChI=1S/C8H14FN/c1-6(10-2)7-3-8(9,4-7)5-7/h6,10H,3-5H2,1-2H3/t6?,7-,8-. The Morgan fingerprint density at radius 2 is 1.90 bits per heavy atom. The molecule has 0 amide bonds. The Morgan fingerprint density at radius 3 is 2.20 bits per heavy atom. The van der Waals surface area contributed by atoms with Gasteiger partial charge in [-0.15, -0.1) is 0 Å². The normalized spacial score (nSPS) is 53.1. The quantitative estimate of drug-likeness (QED) is 0.617. The minimum atomic E-state index is -0.731. The summed E-state index contributed by atoms with van der Waals surface area (Å²) in [4.78, 5) is 0. The van der Waals surface area contributed by atoms with E-state index in [0.29, 0.717) is 11.5 Å². The Kier molecular flexibility index (Phi) is 1.02. The number of halogens is 1. The molecule has 0 aliphatic heterocycles. The van der Waals surface area contributed by atoms with Gasteiger partial charge in [-0.25, -0.2) is 4.39 Å². The molecule has 0 aromatic rings. The minimum Gasteiger partial charge on any atom is -0.317 e. The third kappa shape index (κ3) is 0.559. The van der Waals surface area contributed by atoms with Crippen LogP contribution in [0, 0.1) is 5.41 Å². The number of hydrogen-bond donors (Lipinski definition) is 1. The zero-order valence-electron chi connectivity index (χ0n) is 6.58. The summed E-state index contributed by atoms with van der Waals surface area (Å²) < 4.78 is 13.0. The van der Waals surface area contributed by atoms with Gasteiger partial charge >= 0.3 is 0 Å². The molecule has 3 rings (SSSR count). The second-order valence-corrected chi connectivity index (χ2v) is 4.05. The van der Waals surface area contributed by atoms with E-state index < -0.39 is 5.67 Å². The van der Waals surface area contributed by atoms with Crippen molar-refractivity contribution in [2.24, 2.45) is 5.41 Å². The summed E-state index contributed by atoms with van der Waals surface area (Å²) >= 11 is 0. The fourth-order valence-electron chi connectivity index (χ4n) is 2.50. The predicted molar refractivity (Wildman–Crippen MR) is 38.6 cm³/mol. The van der Waals surface area contributed by atoms with Gasteiger partial charge in [-0.3, -0.25) is 0 Å². The first kappa shape index (κ1) is 6.59. The van der Waals surface area contributed by atoms with Crippen molar-refractivity contribution < 1.29 is 4.39 Å². The zero-order chi connectivity index (χ0) is 7.41. The highest BCUT2D eigenvalue weighted by atomic mass is 19.1. The molecule has 0 aromatic heterocycles. The van der Waals surface area contributed by atoms with E-state index in [0.717, 1.165) is 19.3 Å². The molecule has 0 heterocycles. The molecule has 1 N–H and O–H groups in total. The van der Waals surface area contributed by atoms with Crippen molar-refractivity contribution in [1.29, 1.82) is 0 Å². The largest absolute Gasteiger partial charge is 0.317 e. The molecule has 3 aliphatic carbocycles. The highest BCUT2D eigenvalue weighted by molar-refractivity contribution is 5.21. The molecule has 10 heavy (non-hydrogen) atoms. The topological polar surface area (TPSA) is 12.0 Å². The molecule has 0 aromatic carbocycles. The first-order chi connectivity index (χ1) is 4.60. The van der Waals surface area contributed by atoms with E-state index in [-0.39, 0.29) is 0 Å². The van der Waals surface area contributed by atoms with Crippen molar-refractivity contribution in [3.63, 3.8) is 0 Å². The molecular formula is C8H14FN. The molecule has 0 radical (unpaired) electrons. The molecule has 0 spiro atoms. The number of rotatable bonds is 2. The highest BCUT2D eigenvalue weighted by Crippen LogP contribution is 2.70. The van der Waals surface area contributed by atoms with Gasteiger partial charge in [0, 0.05) is 6.04 Å². The molecular weight excluding hydrogens is 129 g/mol. The highest BCUT2D eigenvalue weighted by Gasteiger charge is 2.70. The second-order valence-electron chi connectivity index (χ2n) is 4.05. The Bertz CT molecular complexity index is 147. The third-order valence-corrected chi connectivity index (χ3v) is 3.36. The number of alkyl halides is 1. The zero-order valence-corrected chi connectivity index (χ0v) is 6.58. The molecule has 3 fully saturated rings. The van der Waals surface area contributed by atoms with Gasteiger partial charge in [0.1, 0.15) is 5.67 Å². The summed E-state index contributed by atoms with van der Waals surface area (Å²) in [6, 6.07) is 0.505. The van der Waals surface area contributed by atoms with E-state index in [4.69, 9.17) is 0 Å². The molecule has 2 heteroatoms. The molecule has 3 aliphatic rings. The lowest BCUT2D eigenvalue weighted by Crippen LogP contribution is -2.70. The van der Waals surface area contributed by atoms with Crippen molar-refractivity contribution in [1.82, 2.24) is 5.32 Å². The van der Waals surface area contributed by atoms with Crippen LogP contribution in [0.1, 0.15) is 26.2 Å². The van der Waals surface area contributed by atoms with Gasteiger partial charge in [-0.05, 0) is 38.6 Å². The Hall–Kier alpha value is -0.110. The fourth-order valence-corrected chi connectivity index (χ4v) is 2.50. The lowest BCUT2D eigenvalue weighted by atomic mass is 9.40. The summed E-state index contributed by atoms with van der Waals surface area (Å²) in [5.74, 6) is 0.